The first-order valence-corrected chi connectivity index (χ1v) is 4.96. The van der Waals surface area contributed by atoms with Gasteiger partial charge in [-0.2, -0.15) is 0 Å². The summed E-state index contributed by atoms with van der Waals surface area (Å²) in [4.78, 5) is 14.6. The largest absolute Gasteiger partial charge is 0.476 e. The Morgan fingerprint density at radius 1 is 1.41 bits per heavy atom. The fourth-order valence-electron chi connectivity index (χ4n) is 1.50. The first kappa shape index (κ1) is 11.3. The molecule has 0 atom stereocenters. The van der Waals surface area contributed by atoms with Crippen molar-refractivity contribution >= 4 is 5.97 Å². The van der Waals surface area contributed by atoms with E-state index >= 15 is 0 Å². The average molecular weight is 235 g/mol. The summed E-state index contributed by atoms with van der Waals surface area (Å²) in [5, 5.41) is 8.82. The van der Waals surface area contributed by atoms with Crippen LogP contribution in [0.3, 0.4) is 0 Å². The zero-order valence-corrected chi connectivity index (χ0v) is 9.32. The van der Waals surface area contributed by atoms with Crippen LogP contribution in [0, 0.1) is 19.7 Å². The Morgan fingerprint density at radius 2 is 2.12 bits per heavy atom. The highest BCUT2D eigenvalue weighted by molar-refractivity contribution is 5.87. The molecular weight excluding hydrogens is 225 g/mol. The summed E-state index contributed by atoms with van der Waals surface area (Å²) in [6.45, 7) is 3.24. The van der Waals surface area contributed by atoms with Crippen LogP contribution in [-0.4, -0.2) is 16.1 Å². The number of hydrogen-bond acceptors (Lipinski definition) is 3. The summed E-state index contributed by atoms with van der Waals surface area (Å²) < 4.78 is 18.8. The van der Waals surface area contributed by atoms with Crippen LogP contribution in [-0.2, 0) is 0 Å². The van der Waals surface area contributed by atoms with Crippen LogP contribution < -0.4 is 0 Å². The maximum atomic E-state index is 13.6. The molecule has 0 saturated carbocycles. The summed E-state index contributed by atoms with van der Waals surface area (Å²) >= 11 is 0. The minimum atomic E-state index is -1.19. The van der Waals surface area contributed by atoms with E-state index < -0.39 is 11.8 Å². The van der Waals surface area contributed by atoms with Crippen molar-refractivity contribution in [2.24, 2.45) is 0 Å². The molecule has 0 aliphatic rings. The number of halogens is 1. The monoisotopic (exact) mass is 235 g/mol. The van der Waals surface area contributed by atoms with Gasteiger partial charge in [-0.05, 0) is 31.5 Å². The molecule has 5 heteroatoms. The second-order valence-electron chi connectivity index (χ2n) is 3.71. The first-order chi connectivity index (χ1) is 7.99. The van der Waals surface area contributed by atoms with Gasteiger partial charge in [-0.1, -0.05) is 6.07 Å². The average Bonchev–Trinajstić information content (AvgIpc) is 2.60. The predicted octanol–water partition coefficient (Wildman–Crippen LogP) is 2.80. The van der Waals surface area contributed by atoms with Crippen molar-refractivity contribution in [2.75, 3.05) is 0 Å². The van der Waals surface area contributed by atoms with Crippen molar-refractivity contribution in [3.63, 3.8) is 0 Å². The molecule has 1 aromatic carbocycles. The maximum absolute atomic E-state index is 13.6. The zero-order chi connectivity index (χ0) is 12.6. The Bertz CT molecular complexity index is 589. The van der Waals surface area contributed by atoms with Gasteiger partial charge >= 0.3 is 5.97 Å². The second kappa shape index (κ2) is 4.01. The minimum absolute atomic E-state index is 0.0163. The van der Waals surface area contributed by atoms with E-state index in [0.717, 1.165) is 5.56 Å². The number of carbonyl (C=O) groups is 1. The van der Waals surface area contributed by atoms with E-state index in [0.29, 0.717) is 0 Å². The Kier molecular flexibility index (Phi) is 2.67. The van der Waals surface area contributed by atoms with Gasteiger partial charge in [0, 0.05) is 0 Å². The molecule has 2 aromatic rings. The third-order valence-corrected chi connectivity index (χ3v) is 2.35. The van der Waals surface area contributed by atoms with Crippen molar-refractivity contribution in [3.05, 3.63) is 41.0 Å². The van der Waals surface area contributed by atoms with Gasteiger partial charge in [-0.3, -0.25) is 0 Å². The third-order valence-electron chi connectivity index (χ3n) is 2.35. The van der Waals surface area contributed by atoms with Gasteiger partial charge in [0.25, 0.3) is 0 Å². The topological polar surface area (TPSA) is 63.3 Å². The Balaban J connectivity index is 2.53. The smallest absolute Gasteiger partial charge is 0.358 e. The molecule has 0 saturated heterocycles. The number of aromatic carboxylic acids is 1. The number of benzene rings is 1. The Hall–Kier alpha value is -2.17. The standard InChI is InChI=1S/C12H10FNO3/c1-6-3-4-8(9(13)5-6)11-14-10(12(15)16)7(2)17-11/h3-5H,1-2H3,(H,15,16). The van der Waals surface area contributed by atoms with Crippen molar-refractivity contribution in [3.8, 4) is 11.5 Å². The van der Waals surface area contributed by atoms with E-state index in [1.807, 2.05) is 0 Å². The van der Waals surface area contributed by atoms with Crippen molar-refractivity contribution in [2.45, 2.75) is 13.8 Å². The molecule has 0 radical (unpaired) electrons. The molecule has 0 fully saturated rings. The lowest BCUT2D eigenvalue weighted by atomic mass is 10.1. The SMILES string of the molecule is Cc1ccc(-c2nc(C(=O)O)c(C)o2)c(F)c1. The quantitative estimate of drug-likeness (QED) is 0.869. The molecule has 0 amide bonds. The molecule has 0 unspecified atom stereocenters. The van der Waals surface area contributed by atoms with Gasteiger partial charge in [-0.25, -0.2) is 14.2 Å². The summed E-state index contributed by atoms with van der Waals surface area (Å²) in [5.74, 6) is -1.53. The molecule has 0 aliphatic carbocycles. The molecule has 0 bridgehead atoms. The highest BCUT2D eigenvalue weighted by atomic mass is 19.1. The van der Waals surface area contributed by atoms with E-state index in [9.17, 15) is 9.18 Å². The van der Waals surface area contributed by atoms with Crippen molar-refractivity contribution in [1.82, 2.24) is 4.98 Å². The highest BCUT2D eigenvalue weighted by Crippen LogP contribution is 2.25. The maximum Gasteiger partial charge on any atom is 0.358 e. The van der Waals surface area contributed by atoms with Gasteiger partial charge in [0.1, 0.15) is 11.6 Å². The highest BCUT2D eigenvalue weighted by Gasteiger charge is 2.18. The molecule has 1 aromatic heterocycles. The number of carboxylic acid groups (broad SMARTS) is 1. The lowest BCUT2D eigenvalue weighted by molar-refractivity contribution is 0.0689. The van der Waals surface area contributed by atoms with E-state index in [1.54, 1.807) is 13.0 Å². The molecule has 1 heterocycles. The lowest BCUT2D eigenvalue weighted by Crippen LogP contribution is -1.98. The Labute approximate surface area is 96.7 Å². The number of rotatable bonds is 2. The summed E-state index contributed by atoms with van der Waals surface area (Å²) in [7, 11) is 0. The van der Waals surface area contributed by atoms with Crippen LogP contribution in [0.15, 0.2) is 22.6 Å². The minimum Gasteiger partial charge on any atom is -0.476 e. The molecule has 4 nitrogen and oxygen atoms in total. The fraction of sp³-hybridized carbons (Fsp3) is 0.167. The van der Waals surface area contributed by atoms with Gasteiger partial charge < -0.3 is 9.52 Å². The van der Waals surface area contributed by atoms with Crippen LogP contribution in [0.2, 0.25) is 0 Å². The molecule has 2 rings (SSSR count). The zero-order valence-electron chi connectivity index (χ0n) is 9.32. The van der Waals surface area contributed by atoms with Gasteiger partial charge in [0.2, 0.25) is 5.89 Å². The van der Waals surface area contributed by atoms with Gasteiger partial charge in [0.05, 0.1) is 5.56 Å². The van der Waals surface area contributed by atoms with Crippen LogP contribution in [0.1, 0.15) is 21.8 Å². The van der Waals surface area contributed by atoms with Crippen LogP contribution >= 0.6 is 0 Å². The molecule has 0 aliphatic heterocycles. The number of nitrogens with zero attached hydrogens (tertiary/aromatic N) is 1. The van der Waals surface area contributed by atoms with E-state index in [4.69, 9.17) is 9.52 Å². The fourth-order valence-corrected chi connectivity index (χ4v) is 1.50. The molecule has 1 N–H and O–H groups in total. The van der Waals surface area contributed by atoms with E-state index in [2.05, 4.69) is 4.98 Å². The number of carboxylic acids is 1. The molecular formula is C12H10FNO3. The number of aromatic nitrogens is 1. The van der Waals surface area contributed by atoms with Crippen LogP contribution in [0.25, 0.3) is 11.5 Å². The summed E-state index contributed by atoms with van der Waals surface area (Å²) in [6.07, 6.45) is 0. The number of aryl methyl sites for hydroxylation is 2. The third kappa shape index (κ3) is 2.04. The molecule has 88 valence electrons. The lowest BCUT2D eigenvalue weighted by Gasteiger charge is -1.98. The Morgan fingerprint density at radius 3 is 2.65 bits per heavy atom. The normalized spacial score (nSPS) is 10.5. The predicted molar refractivity (Wildman–Crippen MR) is 58.3 cm³/mol. The number of oxazole rings is 1. The number of hydrogen-bond donors (Lipinski definition) is 1. The van der Waals surface area contributed by atoms with E-state index in [1.165, 1.54) is 19.1 Å². The van der Waals surface area contributed by atoms with Gasteiger partial charge in [-0.15, -0.1) is 0 Å². The molecule has 0 spiro atoms. The van der Waals surface area contributed by atoms with E-state index in [-0.39, 0.29) is 22.9 Å². The summed E-state index contributed by atoms with van der Waals surface area (Å²) in [5.41, 5.74) is 0.735. The summed E-state index contributed by atoms with van der Waals surface area (Å²) in [6, 6.07) is 4.56. The molecule has 17 heavy (non-hydrogen) atoms. The van der Waals surface area contributed by atoms with Crippen LogP contribution in [0.5, 0.6) is 0 Å². The first-order valence-electron chi connectivity index (χ1n) is 4.96. The second-order valence-corrected chi connectivity index (χ2v) is 3.71. The van der Waals surface area contributed by atoms with Crippen LogP contribution in [0.4, 0.5) is 4.39 Å². The van der Waals surface area contributed by atoms with Crippen molar-refractivity contribution < 1.29 is 18.7 Å². The van der Waals surface area contributed by atoms with Crippen molar-refractivity contribution in [1.29, 1.82) is 0 Å². The van der Waals surface area contributed by atoms with Gasteiger partial charge in [0.15, 0.2) is 5.69 Å².